The summed E-state index contributed by atoms with van der Waals surface area (Å²) in [5.74, 6) is -35.5. The Kier molecular flexibility index (Phi) is 11.7. The number of ether oxygens (including phenoxy) is 8. The first-order chi connectivity index (χ1) is 32.5. The molecule has 11 N–H and O–H groups in total. The third kappa shape index (κ3) is 7.99. The van der Waals surface area contributed by atoms with Crippen molar-refractivity contribution in [1.29, 1.82) is 0 Å². The molecule has 8 rings (SSSR count). The molecule has 5 aliphatic heterocycles. The number of aliphatic hydroxyl groups is 2. The predicted molar refractivity (Wildman–Crippen MR) is 205 cm³/mol. The molecule has 364 valence electrons. The number of hydrogen-bond acceptors (Lipinski definition) is 26. The van der Waals surface area contributed by atoms with Gasteiger partial charge in [-0.1, -0.05) is 0 Å². The molecule has 28 nitrogen and oxygen atoms in total. The summed E-state index contributed by atoms with van der Waals surface area (Å²) in [5, 5.41) is 116. The molecule has 1 fully saturated rings. The minimum Gasteiger partial charge on any atom is -0.504 e. The molecule has 5 heterocycles. The number of carbonyl (C=O) groups excluding carboxylic acids is 7. The van der Waals surface area contributed by atoms with E-state index in [-0.39, 0.29) is 0 Å². The van der Waals surface area contributed by atoms with Crippen molar-refractivity contribution in [2.45, 2.75) is 67.6 Å². The molecule has 4 bridgehead atoms. The van der Waals surface area contributed by atoms with Crippen LogP contribution in [-0.2, 0) is 57.2 Å². The topological polar surface area (TPSA) is 450 Å². The van der Waals surface area contributed by atoms with Gasteiger partial charge in [0.15, 0.2) is 64.7 Å². The molecule has 0 saturated carbocycles. The highest BCUT2D eigenvalue weighted by molar-refractivity contribution is 5.99. The normalized spacial score (nSPS) is 28.4. The molecule has 0 radical (unpaired) electrons. The number of esters is 7. The Morgan fingerprint density at radius 3 is 1.49 bits per heavy atom. The Labute approximate surface area is 380 Å². The second-order valence-electron chi connectivity index (χ2n) is 15.8. The molecule has 11 atom stereocenters. The molecule has 5 aliphatic rings. The number of carbonyl (C=O) groups is 9. The van der Waals surface area contributed by atoms with E-state index in [0.29, 0.717) is 24.3 Å². The zero-order chi connectivity index (χ0) is 50.2. The van der Waals surface area contributed by atoms with Crippen LogP contribution in [0.2, 0.25) is 0 Å². The van der Waals surface area contributed by atoms with Gasteiger partial charge in [0.1, 0.15) is 12.7 Å². The molecular formula is C41H32O28. The summed E-state index contributed by atoms with van der Waals surface area (Å²) < 4.78 is 43.9. The van der Waals surface area contributed by atoms with E-state index >= 15 is 0 Å². The summed E-state index contributed by atoms with van der Waals surface area (Å²) in [4.78, 5) is 123. The maximum Gasteiger partial charge on any atom is 0.341 e. The highest BCUT2D eigenvalue weighted by atomic mass is 16.7. The molecule has 69 heavy (non-hydrogen) atoms. The fourth-order valence-electron chi connectivity index (χ4n) is 8.64. The van der Waals surface area contributed by atoms with Crippen LogP contribution in [-0.4, -0.2) is 159 Å². The van der Waals surface area contributed by atoms with Crippen LogP contribution in [0, 0.1) is 11.8 Å². The number of cyclic esters (lactones) is 1. The van der Waals surface area contributed by atoms with Crippen molar-refractivity contribution in [1.82, 2.24) is 0 Å². The highest BCUT2D eigenvalue weighted by Crippen LogP contribution is 2.53. The average Bonchev–Trinajstić information content (AvgIpc) is 3.28. The fourth-order valence-corrected chi connectivity index (χ4v) is 8.64. The number of aliphatic carboxylic acids is 2. The molecule has 0 amide bonds. The summed E-state index contributed by atoms with van der Waals surface area (Å²) in [5.41, 5.74) is -4.39. The lowest BCUT2D eigenvalue weighted by Gasteiger charge is -2.45. The van der Waals surface area contributed by atoms with Crippen molar-refractivity contribution in [3.63, 3.8) is 0 Å². The van der Waals surface area contributed by atoms with Gasteiger partial charge in [-0.2, -0.15) is 0 Å². The second kappa shape index (κ2) is 17.2. The van der Waals surface area contributed by atoms with E-state index in [2.05, 4.69) is 0 Å². The highest BCUT2D eigenvalue weighted by Gasteiger charge is 2.59. The first kappa shape index (κ1) is 46.9. The van der Waals surface area contributed by atoms with Gasteiger partial charge in [-0.05, 0) is 24.3 Å². The average molecular weight is 973 g/mol. The lowest BCUT2D eigenvalue weighted by molar-refractivity contribution is -0.292. The zero-order valence-corrected chi connectivity index (χ0v) is 34.1. The van der Waals surface area contributed by atoms with E-state index in [9.17, 15) is 99.3 Å². The lowest BCUT2D eigenvalue weighted by Crippen LogP contribution is -2.64. The Bertz CT molecular complexity index is 2770. The van der Waals surface area contributed by atoms with E-state index in [1.54, 1.807) is 0 Å². The Hall–Kier alpha value is -8.63. The Morgan fingerprint density at radius 1 is 0.565 bits per heavy atom. The lowest BCUT2D eigenvalue weighted by atomic mass is 9.76. The molecule has 0 spiro atoms. The quantitative estimate of drug-likeness (QED) is 0.0570. The molecule has 0 aliphatic carbocycles. The maximum absolute atomic E-state index is 14.7. The first-order valence-electron chi connectivity index (χ1n) is 19.8. The largest absolute Gasteiger partial charge is 0.504 e. The minimum atomic E-state index is -2.61. The van der Waals surface area contributed by atoms with Gasteiger partial charge in [-0.15, -0.1) is 0 Å². The van der Waals surface area contributed by atoms with E-state index in [0.717, 1.165) is 0 Å². The first-order valence-corrected chi connectivity index (χ1v) is 19.8. The van der Waals surface area contributed by atoms with Crippen molar-refractivity contribution < 1.29 is 137 Å². The van der Waals surface area contributed by atoms with Gasteiger partial charge in [-0.3, -0.25) is 19.2 Å². The van der Waals surface area contributed by atoms with Crippen LogP contribution in [0.1, 0.15) is 66.9 Å². The summed E-state index contributed by atoms with van der Waals surface area (Å²) in [6.45, 7) is -1.30. The summed E-state index contributed by atoms with van der Waals surface area (Å²) in [6, 6.07) is 2.04. The summed E-state index contributed by atoms with van der Waals surface area (Å²) in [6.07, 6.45) is -20.5. The number of benzene rings is 3. The van der Waals surface area contributed by atoms with Crippen LogP contribution >= 0.6 is 0 Å². The number of aliphatic hydroxyl groups excluding tert-OH is 2. The molecule has 3 aromatic carbocycles. The van der Waals surface area contributed by atoms with E-state index in [1.807, 2.05) is 0 Å². The van der Waals surface area contributed by atoms with Crippen molar-refractivity contribution in [3.05, 3.63) is 52.1 Å². The van der Waals surface area contributed by atoms with Crippen molar-refractivity contribution >= 4 is 53.7 Å². The summed E-state index contributed by atoms with van der Waals surface area (Å²) in [7, 11) is 0. The standard InChI is InChI=1S/C41H32O28/c42-13-1-8(2-14(43)24(13)50)34(55)69-41-33-32-29(64-37(58)11(5-18(46)47)21-23-10(36(57)68-33)4-16(45)26(52)31(23)66-40(61)28(21)54)17(63-41)7-62-35(56)9-3-15(44)25(51)30-22(9)20(27(53)39(60)65-30)12(6-19(48)49)38(59)67-32/h1-4,11-12,17,20-21,27-29,32-33,41-45,50-54H,5-7H2,(H,46,47)(H,48,49)/t11-,12-,17+,20-,21-,27-,28-,29+,32-,33+,41-/m0/s1. The van der Waals surface area contributed by atoms with Crippen LogP contribution in [0.3, 0.4) is 0 Å². The Balaban J connectivity index is 1.37. The maximum atomic E-state index is 14.7. The number of phenols is 7. The molecular weight excluding hydrogens is 940 g/mol. The number of carboxylic acid groups (broad SMARTS) is 2. The molecule has 1 saturated heterocycles. The number of aromatic hydroxyl groups is 7. The second-order valence-corrected chi connectivity index (χ2v) is 15.8. The molecule has 3 aromatic rings. The van der Waals surface area contributed by atoms with Gasteiger partial charge in [0, 0.05) is 23.0 Å². The number of phenolic OH excluding ortho intramolecular Hbond substituents is 7. The van der Waals surface area contributed by atoms with Gasteiger partial charge < -0.3 is 94.1 Å². The number of hydrogen-bond donors (Lipinski definition) is 11. The van der Waals surface area contributed by atoms with Crippen LogP contribution in [0.4, 0.5) is 0 Å². The smallest absolute Gasteiger partial charge is 0.341 e. The van der Waals surface area contributed by atoms with Crippen molar-refractivity contribution in [2.24, 2.45) is 11.8 Å². The Morgan fingerprint density at radius 2 is 1.01 bits per heavy atom. The van der Waals surface area contributed by atoms with E-state index < -0.39 is 219 Å². The van der Waals surface area contributed by atoms with E-state index in [1.165, 1.54) is 0 Å². The van der Waals surface area contributed by atoms with E-state index in [4.69, 9.17) is 37.9 Å². The van der Waals surface area contributed by atoms with Crippen molar-refractivity contribution in [2.75, 3.05) is 6.61 Å². The number of carboxylic acids is 2. The third-order valence-electron chi connectivity index (χ3n) is 11.7. The van der Waals surface area contributed by atoms with Gasteiger partial charge in [0.05, 0.1) is 41.4 Å². The zero-order valence-electron chi connectivity index (χ0n) is 34.1. The van der Waals surface area contributed by atoms with Crippen LogP contribution in [0.15, 0.2) is 24.3 Å². The van der Waals surface area contributed by atoms with Crippen LogP contribution < -0.4 is 9.47 Å². The SMILES string of the molecule is O=C(O)C[C@@H]1C(=O)O[C@@H]2[C@H]3OC(=O)c4cc(O)c(O)c5c4[C@@H]([C@H](O)C(=O)O5)[C@H](CC(=O)O)C(=O)O[C@@H]2[C@@H](COC(=O)c2cc(O)c(O)c4c2[C@H]1[C@H](O)C(=O)O4)O[C@H]3OC(=O)c1cc(O)c(O)c(O)c1. The fraction of sp³-hybridized carbons (Fsp3) is 0.341. The molecule has 28 heteroatoms. The molecule has 0 aromatic heterocycles. The summed E-state index contributed by atoms with van der Waals surface area (Å²) >= 11 is 0. The van der Waals surface area contributed by atoms with Gasteiger partial charge in [-0.25, -0.2) is 24.0 Å². The minimum absolute atomic E-state index is 0.435. The van der Waals surface area contributed by atoms with Gasteiger partial charge in [0.25, 0.3) is 0 Å². The van der Waals surface area contributed by atoms with Crippen LogP contribution in [0.5, 0.6) is 51.7 Å². The van der Waals surface area contributed by atoms with Crippen molar-refractivity contribution in [3.8, 4) is 51.7 Å². The third-order valence-corrected chi connectivity index (χ3v) is 11.7. The van der Waals surface area contributed by atoms with Gasteiger partial charge in [0.2, 0.25) is 23.9 Å². The number of rotatable bonds is 6. The van der Waals surface area contributed by atoms with Gasteiger partial charge >= 0.3 is 53.7 Å². The monoisotopic (exact) mass is 972 g/mol. The predicted octanol–water partition coefficient (Wildman–Crippen LogP) is -1.65. The van der Waals surface area contributed by atoms with Crippen LogP contribution in [0.25, 0.3) is 0 Å². The molecule has 0 unspecified atom stereocenters.